The van der Waals surface area contributed by atoms with Crippen molar-refractivity contribution in [3.8, 4) is 17.6 Å². The fraction of sp³-hybridized carbons (Fsp3) is 0.400. The summed E-state index contributed by atoms with van der Waals surface area (Å²) in [7, 11) is 1.53. The fourth-order valence-corrected chi connectivity index (χ4v) is 4.96. The molecule has 1 aromatic carbocycles. The summed E-state index contributed by atoms with van der Waals surface area (Å²) >= 11 is 1.39. The molecule has 3 rings (SSSR count). The first-order chi connectivity index (χ1) is 15.9. The van der Waals surface area contributed by atoms with Crippen molar-refractivity contribution in [3.63, 3.8) is 0 Å². The van der Waals surface area contributed by atoms with E-state index in [0.717, 1.165) is 36.1 Å². The number of benzene rings is 1. The Balaban J connectivity index is 1.89. The molecule has 0 radical (unpaired) electrons. The Bertz CT molecular complexity index is 1110. The second-order valence-electron chi connectivity index (χ2n) is 7.84. The second kappa shape index (κ2) is 11.0. The molecule has 8 heteroatoms. The van der Waals surface area contributed by atoms with Gasteiger partial charge in [0.15, 0.2) is 11.5 Å². The molecule has 1 heterocycles. The summed E-state index contributed by atoms with van der Waals surface area (Å²) < 4.78 is 16.3. The van der Waals surface area contributed by atoms with E-state index in [9.17, 15) is 14.9 Å². The molecule has 1 aliphatic rings. The van der Waals surface area contributed by atoms with Gasteiger partial charge in [-0.05, 0) is 75.8 Å². The third-order valence-corrected chi connectivity index (χ3v) is 6.31. The molecule has 1 aromatic heterocycles. The number of nitrogens with zero attached hydrogens (tertiary/aromatic N) is 1. The molecule has 1 N–H and O–H groups in total. The van der Waals surface area contributed by atoms with Crippen LogP contribution in [0.25, 0.3) is 6.08 Å². The van der Waals surface area contributed by atoms with Crippen LogP contribution in [0.2, 0.25) is 0 Å². The zero-order valence-corrected chi connectivity index (χ0v) is 20.1. The SMILES string of the molecule is CCOC(=O)c1c(NC(=O)/C(C#N)=C/c2ccc(OC(C)C)c(OC)c2)sc2c1CCCC2. The summed E-state index contributed by atoms with van der Waals surface area (Å²) in [6, 6.07) is 7.15. The lowest BCUT2D eigenvalue weighted by Gasteiger charge is -2.14. The van der Waals surface area contributed by atoms with Crippen LogP contribution in [0.1, 0.15) is 60.0 Å². The number of rotatable bonds is 8. The van der Waals surface area contributed by atoms with Crippen molar-refractivity contribution in [2.24, 2.45) is 0 Å². The Kier molecular flexibility index (Phi) is 8.12. The van der Waals surface area contributed by atoms with E-state index < -0.39 is 11.9 Å². The van der Waals surface area contributed by atoms with Crippen molar-refractivity contribution in [3.05, 3.63) is 45.3 Å². The molecule has 1 amide bonds. The normalized spacial score (nSPS) is 13.2. The number of carbonyl (C=O) groups is 2. The number of aryl methyl sites for hydroxylation is 1. The molecule has 0 atom stereocenters. The fourth-order valence-electron chi connectivity index (χ4n) is 3.68. The molecule has 174 valence electrons. The number of thiophene rings is 1. The maximum absolute atomic E-state index is 13.0. The number of anilines is 1. The summed E-state index contributed by atoms with van der Waals surface area (Å²) in [6.07, 6.45) is 5.14. The Hall–Kier alpha value is -3.31. The summed E-state index contributed by atoms with van der Waals surface area (Å²) in [4.78, 5) is 26.7. The monoisotopic (exact) mass is 468 g/mol. The average Bonchev–Trinajstić information content (AvgIpc) is 3.15. The Morgan fingerprint density at radius 2 is 2.00 bits per heavy atom. The number of ether oxygens (including phenoxy) is 3. The summed E-state index contributed by atoms with van der Waals surface area (Å²) in [5.74, 6) is 0.0600. The van der Waals surface area contributed by atoms with Crippen LogP contribution in [0, 0.1) is 11.3 Å². The van der Waals surface area contributed by atoms with Crippen molar-refractivity contribution in [2.75, 3.05) is 19.0 Å². The van der Waals surface area contributed by atoms with Gasteiger partial charge in [0.25, 0.3) is 5.91 Å². The Morgan fingerprint density at radius 1 is 1.24 bits per heavy atom. The van der Waals surface area contributed by atoms with Crippen molar-refractivity contribution >= 4 is 34.3 Å². The van der Waals surface area contributed by atoms with E-state index in [4.69, 9.17) is 14.2 Å². The highest BCUT2D eigenvalue weighted by Gasteiger charge is 2.27. The topological polar surface area (TPSA) is 97.7 Å². The standard InChI is InChI=1S/C25H28N2O5S/c1-5-31-25(29)22-18-8-6-7-9-21(18)33-24(22)27-23(28)17(14-26)12-16-10-11-19(32-15(2)3)20(13-16)30-4/h10-13,15H,5-9H2,1-4H3,(H,27,28)/b17-12+. The predicted molar refractivity (Wildman–Crippen MR) is 128 cm³/mol. The smallest absolute Gasteiger partial charge is 0.341 e. The molecule has 0 saturated heterocycles. The van der Waals surface area contributed by atoms with E-state index in [1.54, 1.807) is 25.1 Å². The van der Waals surface area contributed by atoms with Gasteiger partial charge >= 0.3 is 5.97 Å². The average molecular weight is 469 g/mol. The highest BCUT2D eigenvalue weighted by molar-refractivity contribution is 7.17. The number of methoxy groups -OCH3 is 1. The molecule has 0 fully saturated rings. The number of fused-ring (bicyclic) bond motifs is 1. The van der Waals surface area contributed by atoms with Gasteiger partial charge in [0, 0.05) is 4.88 Å². The summed E-state index contributed by atoms with van der Waals surface area (Å²) in [6.45, 7) is 5.83. The van der Waals surface area contributed by atoms with Gasteiger partial charge in [0.2, 0.25) is 0 Å². The van der Waals surface area contributed by atoms with E-state index in [1.807, 2.05) is 19.9 Å². The second-order valence-corrected chi connectivity index (χ2v) is 8.94. The van der Waals surface area contributed by atoms with Gasteiger partial charge in [0.05, 0.1) is 25.4 Å². The van der Waals surface area contributed by atoms with Gasteiger partial charge in [-0.2, -0.15) is 5.26 Å². The first-order valence-corrected chi connectivity index (χ1v) is 11.8. The number of amides is 1. The number of carbonyl (C=O) groups excluding carboxylic acids is 2. The van der Waals surface area contributed by atoms with Crippen molar-refractivity contribution in [1.82, 2.24) is 0 Å². The molecular formula is C25H28N2O5S. The highest BCUT2D eigenvalue weighted by Crippen LogP contribution is 2.39. The zero-order chi connectivity index (χ0) is 24.0. The first-order valence-electron chi connectivity index (χ1n) is 11.0. The van der Waals surface area contributed by atoms with Crippen LogP contribution < -0.4 is 14.8 Å². The van der Waals surface area contributed by atoms with Crippen molar-refractivity contribution in [2.45, 2.75) is 52.6 Å². The molecule has 0 spiro atoms. The number of nitriles is 1. The van der Waals surface area contributed by atoms with E-state index in [2.05, 4.69) is 5.32 Å². The van der Waals surface area contributed by atoms with Crippen LogP contribution in [0.4, 0.5) is 5.00 Å². The molecule has 0 unspecified atom stereocenters. The van der Waals surface area contributed by atoms with Crippen LogP contribution in [0.5, 0.6) is 11.5 Å². The van der Waals surface area contributed by atoms with Gasteiger partial charge in [-0.3, -0.25) is 4.79 Å². The van der Waals surface area contributed by atoms with Gasteiger partial charge in [0.1, 0.15) is 16.6 Å². The van der Waals surface area contributed by atoms with Gasteiger partial charge < -0.3 is 19.5 Å². The maximum atomic E-state index is 13.0. The van der Waals surface area contributed by atoms with E-state index in [0.29, 0.717) is 27.6 Å². The van der Waals surface area contributed by atoms with E-state index in [1.165, 1.54) is 24.5 Å². The predicted octanol–water partition coefficient (Wildman–Crippen LogP) is 5.15. The quantitative estimate of drug-likeness (QED) is 0.327. The van der Waals surface area contributed by atoms with Crippen molar-refractivity contribution in [1.29, 1.82) is 5.26 Å². The van der Waals surface area contributed by atoms with E-state index >= 15 is 0 Å². The lowest BCUT2D eigenvalue weighted by atomic mass is 9.95. The van der Waals surface area contributed by atoms with Crippen LogP contribution in [-0.4, -0.2) is 31.7 Å². The number of esters is 1. The molecular weight excluding hydrogens is 440 g/mol. The maximum Gasteiger partial charge on any atom is 0.341 e. The minimum Gasteiger partial charge on any atom is -0.493 e. The molecule has 7 nitrogen and oxygen atoms in total. The Morgan fingerprint density at radius 3 is 2.67 bits per heavy atom. The van der Waals surface area contributed by atoms with Crippen LogP contribution >= 0.6 is 11.3 Å². The van der Waals surface area contributed by atoms with Gasteiger partial charge in [-0.25, -0.2) is 4.79 Å². The van der Waals surface area contributed by atoms with Crippen LogP contribution in [0.15, 0.2) is 23.8 Å². The van der Waals surface area contributed by atoms with Gasteiger partial charge in [-0.1, -0.05) is 6.07 Å². The molecule has 2 aromatic rings. The van der Waals surface area contributed by atoms with E-state index in [-0.39, 0.29) is 18.3 Å². The molecule has 1 aliphatic carbocycles. The number of nitrogens with one attached hydrogen (secondary N) is 1. The third-order valence-electron chi connectivity index (χ3n) is 5.10. The third kappa shape index (κ3) is 5.74. The Labute approximate surface area is 198 Å². The van der Waals surface area contributed by atoms with Crippen LogP contribution in [-0.2, 0) is 22.4 Å². The lowest BCUT2D eigenvalue weighted by Crippen LogP contribution is -2.16. The first kappa shape index (κ1) is 24.3. The molecule has 0 aliphatic heterocycles. The molecule has 0 saturated carbocycles. The van der Waals surface area contributed by atoms with Crippen molar-refractivity contribution < 1.29 is 23.8 Å². The summed E-state index contributed by atoms with van der Waals surface area (Å²) in [5.41, 5.74) is 1.90. The molecule has 33 heavy (non-hydrogen) atoms. The minimum absolute atomic E-state index is 0.0223. The van der Waals surface area contributed by atoms with Gasteiger partial charge in [-0.15, -0.1) is 11.3 Å². The molecule has 0 bridgehead atoms. The minimum atomic E-state index is -0.580. The lowest BCUT2D eigenvalue weighted by molar-refractivity contribution is -0.112. The zero-order valence-electron chi connectivity index (χ0n) is 19.3. The number of hydrogen-bond donors (Lipinski definition) is 1. The van der Waals surface area contributed by atoms with Crippen LogP contribution in [0.3, 0.4) is 0 Å². The number of hydrogen-bond acceptors (Lipinski definition) is 7. The largest absolute Gasteiger partial charge is 0.493 e. The summed E-state index contributed by atoms with van der Waals surface area (Å²) in [5, 5.41) is 12.8. The highest BCUT2D eigenvalue weighted by atomic mass is 32.1.